The number of nitrogens with zero attached hydrogens (tertiary/aromatic N) is 1. The smallest absolute Gasteiger partial charge is 0.338 e. The van der Waals surface area contributed by atoms with Crippen LogP contribution in [0.25, 0.3) is 0 Å². The van der Waals surface area contributed by atoms with E-state index in [1.807, 2.05) is 36.4 Å². The highest BCUT2D eigenvalue weighted by molar-refractivity contribution is 5.89. The number of hydrogen-bond acceptors (Lipinski definition) is 18. The highest BCUT2D eigenvalue weighted by Gasteiger charge is 2.28. The number of ether oxygens (including phenoxy) is 16. The van der Waals surface area contributed by atoms with E-state index in [1.54, 1.807) is 54.8 Å². The number of halogens is 1. The minimum atomic E-state index is -0.409. The molecule has 2 aliphatic rings. The van der Waals surface area contributed by atoms with E-state index in [0.29, 0.717) is 108 Å². The van der Waals surface area contributed by atoms with Gasteiger partial charge in [0.25, 0.3) is 0 Å². The van der Waals surface area contributed by atoms with Crippen molar-refractivity contribution in [3.05, 3.63) is 239 Å². The van der Waals surface area contributed by atoms with Gasteiger partial charge in [-0.15, -0.1) is 0 Å². The predicted octanol–water partition coefficient (Wildman–Crippen LogP) is 26.5. The topological polar surface area (TPSA) is 168 Å². The normalized spacial score (nSPS) is 12.1. The lowest BCUT2D eigenvalue weighted by Crippen LogP contribution is -2.28. The summed E-state index contributed by atoms with van der Waals surface area (Å²) < 4.78 is 105. The van der Waals surface area contributed by atoms with Gasteiger partial charge in [-0.25, -0.2) is 9.18 Å². The Kier molecular flexibility index (Phi) is 59.4. The van der Waals surface area contributed by atoms with Gasteiger partial charge in [-0.3, -0.25) is 0 Å². The van der Waals surface area contributed by atoms with Crippen LogP contribution in [0.5, 0.6) is 40.2 Å². The number of para-hydroxylation sites is 1. The van der Waals surface area contributed by atoms with Crippen LogP contribution in [-0.4, -0.2) is 134 Å². The van der Waals surface area contributed by atoms with E-state index in [9.17, 15) is 9.18 Å². The van der Waals surface area contributed by atoms with Gasteiger partial charge in [0, 0.05) is 114 Å². The maximum absolute atomic E-state index is 13.8. The standard InChI is InChI=1S/C27H39NO4.C26H36O4.C24H31FO5.C24H34O4.8CH4/c1-7-27(2,3)22-8-10-23(11-9-22)31-14-15-32-26-21(18-29-5)16-20-17-28(4)13-12-24(20)25(26)19-30-6;1-5-19(2)20-10-12-23(13-11-20)29-14-15-30-26-22(17-27-3)16-21-8-6-7-9-24(21)25(26)18-28-4;1-6-24(2,3)20-9-7-17(8-10-20)23(26)30-12-11-29-22-18(15-27-4)13-21(25)14-19(22)16-28-5;1-7-24(3,4)21-10-8-9-11-22(21)27-12-13-28-23-19(16-25-5)14-18(2)15-20(23)17-26-6;;;;;;;;/h8-11,16H,7,12-15,17-19H2,1-6H3;10-13,16,19H,5-9,14-15,17-18H2,1-4H3;7-10,13-14H,6,11-12,15-16H2,1-5H3;8-11,14-15H,7,12-13,16-17H2,1-6H3;8*1H4. The third kappa shape index (κ3) is 36.3. The molecule has 8 aromatic rings. The first-order valence-electron chi connectivity index (χ1n) is 42.7. The number of esters is 1. The van der Waals surface area contributed by atoms with Crippen molar-refractivity contribution in [1.29, 1.82) is 0 Å². The number of rotatable bonds is 44. The number of aryl methyl sites for hydroxylation is 2. The second-order valence-corrected chi connectivity index (χ2v) is 32.9. The summed E-state index contributed by atoms with van der Waals surface area (Å²) in [5.41, 5.74) is 20.3. The van der Waals surface area contributed by atoms with Crippen LogP contribution in [0.1, 0.15) is 285 Å². The second kappa shape index (κ2) is 62.6. The van der Waals surface area contributed by atoms with Gasteiger partial charge in [-0.1, -0.05) is 208 Å². The number of likely N-dealkylation sites (N-methyl/N-ethyl adjacent to an activating group) is 1. The van der Waals surface area contributed by atoms with Gasteiger partial charge in [0.2, 0.25) is 0 Å². The van der Waals surface area contributed by atoms with E-state index in [2.05, 4.69) is 168 Å². The van der Waals surface area contributed by atoms with Crippen LogP contribution in [0.2, 0.25) is 0 Å². The Morgan fingerprint density at radius 3 is 1.21 bits per heavy atom. The molecule has 18 nitrogen and oxygen atoms in total. The molecule has 0 amide bonds. The lowest BCUT2D eigenvalue weighted by molar-refractivity contribution is 0.0446. The number of hydrogen-bond donors (Lipinski definition) is 0. The van der Waals surface area contributed by atoms with Gasteiger partial charge < -0.3 is 80.7 Å². The van der Waals surface area contributed by atoms with Crippen molar-refractivity contribution in [3.8, 4) is 40.2 Å². The van der Waals surface area contributed by atoms with Crippen molar-refractivity contribution in [2.45, 2.75) is 282 Å². The number of benzene rings is 8. The van der Waals surface area contributed by atoms with Crippen molar-refractivity contribution in [3.63, 3.8) is 0 Å². The fraction of sp³-hybridized carbons (Fsp3) is 0.550. The lowest BCUT2D eigenvalue weighted by Gasteiger charge is -2.29. The maximum atomic E-state index is 13.8. The minimum Gasteiger partial charge on any atom is -0.490 e. The summed E-state index contributed by atoms with van der Waals surface area (Å²) >= 11 is 0. The molecule has 0 N–H and O–H groups in total. The van der Waals surface area contributed by atoms with Gasteiger partial charge in [-0.2, -0.15) is 0 Å². The summed E-state index contributed by atoms with van der Waals surface area (Å²) in [5, 5.41) is 0. The largest absolute Gasteiger partial charge is 0.490 e. The molecule has 0 saturated carbocycles. The molecule has 0 radical (unpaired) electrons. The van der Waals surface area contributed by atoms with Gasteiger partial charge in [0.05, 0.1) is 58.4 Å². The molecule has 128 heavy (non-hydrogen) atoms. The zero-order valence-corrected chi connectivity index (χ0v) is 76.1. The highest BCUT2D eigenvalue weighted by atomic mass is 19.1. The molecule has 10 rings (SSSR count). The fourth-order valence-corrected chi connectivity index (χ4v) is 14.8. The molecule has 0 saturated heterocycles. The van der Waals surface area contributed by atoms with Crippen LogP contribution in [0.3, 0.4) is 0 Å². The summed E-state index contributed by atoms with van der Waals surface area (Å²) in [4.78, 5) is 14.6. The molecule has 1 atom stereocenters. The average molecular weight is 1790 g/mol. The summed E-state index contributed by atoms with van der Waals surface area (Å²) in [6, 6.07) is 44.0. The van der Waals surface area contributed by atoms with Gasteiger partial charge in [-0.05, 0) is 205 Å². The Balaban J connectivity index is 0. The molecule has 1 aliphatic carbocycles. The average Bonchev–Trinajstić information content (AvgIpc) is 0.776. The molecular weight excluding hydrogens is 1610 g/mol. The summed E-state index contributed by atoms with van der Waals surface area (Å²) in [5.74, 6) is 5.58. The van der Waals surface area contributed by atoms with Crippen LogP contribution in [0, 0.1) is 12.7 Å². The van der Waals surface area contributed by atoms with Gasteiger partial charge >= 0.3 is 5.97 Å². The molecule has 19 heteroatoms. The Hall–Kier alpha value is -8.60. The van der Waals surface area contributed by atoms with Crippen molar-refractivity contribution in [2.24, 2.45) is 0 Å². The molecule has 0 bridgehead atoms. The van der Waals surface area contributed by atoms with E-state index < -0.39 is 5.97 Å². The van der Waals surface area contributed by atoms with Gasteiger partial charge in [0.1, 0.15) is 98.9 Å². The van der Waals surface area contributed by atoms with E-state index in [4.69, 9.17) is 75.8 Å². The Morgan fingerprint density at radius 1 is 0.406 bits per heavy atom. The Bertz CT molecular complexity index is 4320. The minimum absolute atomic E-state index is 0. The SMILES string of the molecule is C.C.C.C.C.C.C.C.CCC(C)(C)c1ccc(C(=O)OCCOc2c(COC)cc(F)cc2COC)cc1.CCC(C)(C)c1ccc(OCCOc2c(COC)cc3c(c2COC)CCN(C)C3)cc1.CCC(C)(C)c1ccccc1OCCOc1c(COC)cc(C)cc1COC.CCC(C)c1ccc(OCCOc2c(COC)cc3c(c2COC)CCCC3)cc1. The molecule has 1 unspecified atom stereocenters. The molecule has 722 valence electrons. The molecule has 0 aromatic heterocycles. The third-order valence-corrected chi connectivity index (χ3v) is 22.8. The molecule has 0 spiro atoms. The molecule has 1 aliphatic heterocycles. The Morgan fingerprint density at radius 2 is 0.773 bits per heavy atom. The monoisotopic (exact) mass is 1790 g/mol. The van der Waals surface area contributed by atoms with Crippen LogP contribution in [0.4, 0.5) is 4.39 Å². The first-order valence-corrected chi connectivity index (χ1v) is 42.7. The van der Waals surface area contributed by atoms with Crippen LogP contribution in [0.15, 0.2) is 133 Å². The molecule has 0 fully saturated rings. The van der Waals surface area contributed by atoms with Crippen LogP contribution < -0.4 is 33.2 Å². The summed E-state index contributed by atoms with van der Waals surface area (Å²) in [6.45, 7) is 35.0. The van der Waals surface area contributed by atoms with Crippen molar-refractivity contribution in [2.75, 3.05) is 123 Å². The van der Waals surface area contributed by atoms with E-state index in [0.717, 1.165) is 120 Å². The zero-order chi connectivity index (χ0) is 87.2. The van der Waals surface area contributed by atoms with Crippen LogP contribution >= 0.6 is 0 Å². The summed E-state index contributed by atoms with van der Waals surface area (Å²) in [7, 11) is 15.5. The molecule has 1 heterocycles. The predicted molar refractivity (Wildman–Crippen MR) is 530 cm³/mol. The van der Waals surface area contributed by atoms with Crippen molar-refractivity contribution in [1.82, 2.24) is 4.90 Å². The van der Waals surface area contributed by atoms with E-state index in [-0.39, 0.29) is 108 Å². The second-order valence-electron chi connectivity index (χ2n) is 32.9. The highest BCUT2D eigenvalue weighted by Crippen LogP contribution is 2.40. The quantitative estimate of drug-likeness (QED) is 0.0261. The van der Waals surface area contributed by atoms with Gasteiger partial charge in [0.15, 0.2) is 0 Å². The van der Waals surface area contributed by atoms with Crippen LogP contribution in [-0.2, 0) is 138 Å². The Labute approximate surface area is 776 Å². The maximum Gasteiger partial charge on any atom is 0.338 e. The first-order chi connectivity index (χ1) is 57.8. The van der Waals surface area contributed by atoms with E-state index in [1.165, 1.54) is 94.8 Å². The number of methoxy groups -OCH3 is 8. The van der Waals surface area contributed by atoms with E-state index >= 15 is 0 Å². The lowest BCUT2D eigenvalue weighted by atomic mass is 9.82. The molecule has 8 aromatic carbocycles. The van der Waals surface area contributed by atoms with Crippen molar-refractivity contribution >= 4 is 5.97 Å². The zero-order valence-electron chi connectivity index (χ0n) is 76.1. The number of carbonyl (C=O) groups excluding carboxylic acids is 1. The fourth-order valence-electron chi connectivity index (χ4n) is 14.8. The number of fused-ring (bicyclic) bond motifs is 2. The first kappa shape index (κ1) is 121. The van der Waals surface area contributed by atoms with Crippen molar-refractivity contribution < 1.29 is 85.0 Å². The number of carbonyl (C=O) groups is 1. The third-order valence-electron chi connectivity index (χ3n) is 22.8. The summed E-state index contributed by atoms with van der Waals surface area (Å²) in [6.07, 6.45) is 9.99. The molecular formula is C109H172FNO17.